The van der Waals surface area contributed by atoms with E-state index in [9.17, 15) is 9.90 Å². The molecule has 120 valence electrons. The first-order valence-corrected chi connectivity index (χ1v) is 7.76. The molecule has 7 heteroatoms. The number of carbonyl (C=O) groups is 1. The van der Waals surface area contributed by atoms with Crippen molar-refractivity contribution in [2.75, 3.05) is 5.32 Å². The number of anilines is 1. The number of hydrogen-bond donors (Lipinski definition) is 2. The molecule has 6 nitrogen and oxygen atoms in total. The highest BCUT2D eigenvalue weighted by Gasteiger charge is 2.10. The molecule has 0 aliphatic heterocycles. The van der Waals surface area contributed by atoms with E-state index in [0.717, 1.165) is 4.47 Å². The molecule has 0 aliphatic rings. The Morgan fingerprint density at radius 3 is 2.54 bits per heavy atom. The number of ether oxygens (including phenoxy) is 1. The van der Waals surface area contributed by atoms with Gasteiger partial charge in [-0.3, -0.25) is 4.79 Å². The number of aromatic nitrogens is 2. The van der Waals surface area contributed by atoms with Gasteiger partial charge in [-0.05, 0) is 42.5 Å². The third-order valence-corrected chi connectivity index (χ3v) is 3.58. The smallest absolute Gasteiger partial charge is 0.258 e. The van der Waals surface area contributed by atoms with Crippen LogP contribution in [0.2, 0.25) is 0 Å². The molecule has 2 aromatic heterocycles. The molecule has 0 saturated heterocycles. The van der Waals surface area contributed by atoms with Crippen molar-refractivity contribution in [3.8, 4) is 17.4 Å². The molecule has 2 heterocycles. The summed E-state index contributed by atoms with van der Waals surface area (Å²) < 4.78 is 6.54. The van der Waals surface area contributed by atoms with Gasteiger partial charge in [0, 0.05) is 22.9 Å². The largest absolute Gasteiger partial charge is 0.504 e. The van der Waals surface area contributed by atoms with Gasteiger partial charge in [0.1, 0.15) is 5.75 Å². The number of amides is 1. The number of rotatable bonds is 4. The van der Waals surface area contributed by atoms with Crippen molar-refractivity contribution in [3.05, 3.63) is 71.0 Å². The number of nitrogens with one attached hydrogen (secondary N) is 1. The Kier molecular flexibility index (Phi) is 4.72. The zero-order chi connectivity index (χ0) is 16.9. The number of benzene rings is 1. The third-order valence-electron chi connectivity index (χ3n) is 3.05. The summed E-state index contributed by atoms with van der Waals surface area (Å²) in [6, 6.07) is 13.5. The van der Waals surface area contributed by atoms with Gasteiger partial charge in [0.2, 0.25) is 5.88 Å². The average Bonchev–Trinajstić information content (AvgIpc) is 2.59. The summed E-state index contributed by atoms with van der Waals surface area (Å²) in [6.07, 6.45) is 2.87. The monoisotopic (exact) mass is 385 g/mol. The molecular formula is C17H12BrN3O3. The van der Waals surface area contributed by atoms with Crippen LogP contribution < -0.4 is 10.1 Å². The Morgan fingerprint density at radius 2 is 1.88 bits per heavy atom. The predicted molar refractivity (Wildman–Crippen MR) is 92.3 cm³/mol. The van der Waals surface area contributed by atoms with Gasteiger partial charge in [0.15, 0.2) is 11.6 Å². The van der Waals surface area contributed by atoms with Crippen LogP contribution in [0.1, 0.15) is 10.4 Å². The molecule has 0 bridgehead atoms. The first-order valence-electron chi connectivity index (χ1n) is 6.96. The van der Waals surface area contributed by atoms with E-state index >= 15 is 0 Å². The molecule has 3 rings (SSSR count). The second kappa shape index (κ2) is 7.10. The lowest BCUT2D eigenvalue weighted by molar-refractivity contribution is 0.102. The molecule has 0 atom stereocenters. The molecule has 0 spiro atoms. The lowest BCUT2D eigenvalue weighted by Gasteiger charge is -2.07. The molecule has 0 fully saturated rings. The van der Waals surface area contributed by atoms with E-state index in [1.165, 1.54) is 18.5 Å². The lowest BCUT2D eigenvalue weighted by Crippen LogP contribution is -2.13. The van der Waals surface area contributed by atoms with Gasteiger partial charge in [-0.25, -0.2) is 9.97 Å². The summed E-state index contributed by atoms with van der Waals surface area (Å²) in [4.78, 5) is 20.1. The quantitative estimate of drug-likeness (QED) is 0.709. The highest BCUT2D eigenvalue weighted by molar-refractivity contribution is 9.10. The van der Waals surface area contributed by atoms with Crippen molar-refractivity contribution < 1.29 is 14.6 Å². The summed E-state index contributed by atoms with van der Waals surface area (Å²) in [5, 5.41) is 12.1. The minimum absolute atomic E-state index is 0.0951. The van der Waals surface area contributed by atoms with Crippen LogP contribution in [0.5, 0.6) is 17.4 Å². The number of carbonyl (C=O) groups excluding carboxylic acids is 1. The van der Waals surface area contributed by atoms with Gasteiger partial charge in [0.25, 0.3) is 5.91 Å². The van der Waals surface area contributed by atoms with Crippen molar-refractivity contribution >= 4 is 27.7 Å². The minimum atomic E-state index is -0.424. The zero-order valence-corrected chi connectivity index (χ0v) is 13.9. The SMILES string of the molecule is O=C(Nc1ncccc1O)c1ccc(Oc2ccc(Br)cc2)nc1. The van der Waals surface area contributed by atoms with Crippen molar-refractivity contribution in [2.45, 2.75) is 0 Å². The summed E-state index contributed by atoms with van der Waals surface area (Å²) in [6.45, 7) is 0. The Labute approximate surface area is 146 Å². The van der Waals surface area contributed by atoms with Gasteiger partial charge in [0.05, 0.1) is 5.56 Å². The number of nitrogens with zero attached hydrogens (tertiary/aromatic N) is 2. The van der Waals surface area contributed by atoms with Gasteiger partial charge < -0.3 is 15.2 Å². The highest BCUT2D eigenvalue weighted by atomic mass is 79.9. The maximum atomic E-state index is 12.1. The van der Waals surface area contributed by atoms with Crippen molar-refractivity contribution in [3.63, 3.8) is 0 Å². The topological polar surface area (TPSA) is 84.3 Å². The fourth-order valence-corrected chi connectivity index (χ4v) is 2.14. The number of hydrogen-bond acceptors (Lipinski definition) is 5. The first-order chi connectivity index (χ1) is 11.6. The van der Waals surface area contributed by atoms with Crippen molar-refractivity contribution in [1.29, 1.82) is 0 Å². The van der Waals surface area contributed by atoms with E-state index in [4.69, 9.17) is 4.74 Å². The van der Waals surface area contributed by atoms with Crippen LogP contribution >= 0.6 is 15.9 Å². The van der Waals surface area contributed by atoms with E-state index in [2.05, 4.69) is 31.2 Å². The second-order valence-corrected chi connectivity index (χ2v) is 5.68. The van der Waals surface area contributed by atoms with Crippen LogP contribution in [0.3, 0.4) is 0 Å². The molecule has 1 amide bonds. The normalized spacial score (nSPS) is 10.2. The molecule has 0 unspecified atom stereocenters. The predicted octanol–water partition coefficient (Wildman–Crippen LogP) is 3.99. The van der Waals surface area contributed by atoms with Gasteiger partial charge in [-0.2, -0.15) is 0 Å². The number of aromatic hydroxyl groups is 1. The van der Waals surface area contributed by atoms with Crippen LogP contribution in [-0.2, 0) is 0 Å². The molecule has 0 aliphatic carbocycles. The molecular weight excluding hydrogens is 374 g/mol. The number of halogens is 1. The van der Waals surface area contributed by atoms with Gasteiger partial charge in [-0.15, -0.1) is 0 Å². The number of pyridine rings is 2. The summed E-state index contributed by atoms with van der Waals surface area (Å²) in [5.41, 5.74) is 0.322. The van der Waals surface area contributed by atoms with Crippen LogP contribution in [0.4, 0.5) is 5.82 Å². The third kappa shape index (κ3) is 3.88. The fourth-order valence-electron chi connectivity index (χ4n) is 1.87. The molecule has 2 N–H and O–H groups in total. The Hall–Kier alpha value is -2.93. The van der Waals surface area contributed by atoms with Crippen LogP contribution in [-0.4, -0.2) is 21.0 Å². The molecule has 1 aromatic carbocycles. The molecule has 0 saturated carbocycles. The molecule has 0 radical (unpaired) electrons. The summed E-state index contributed by atoms with van der Waals surface area (Å²) in [7, 11) is 0. The Bertz CT molecular complexity index is 852. The lowest BCUT2D eigenvalue weighted by atomic mass is 10.2. The van der Waals surface area contributed by atoms with E-state index < -0.39 is 5.91 Å². The van der Waals surface area contributed by atoms with E-state index in [1.54, 1.807) is 30.3 Å². The Morgan fingerprint density at radius 1 is 1.08 bits per heavy atom. The Balaban J connectivity index is 1.68. The standard InChI is InChI=1S/C17H12BrN3O3/c18-12-4-6-13(7-5-12)24-15-8-3-11(10-20-15)17(23)21-16-14(22)2-1-9-19-16/h1-10,22H,(H,19,21,23). The second-order valence-electron chi connectivity index (χ2n) is 4.77. The minimum Gasteiger partial charge on any atom is -0.504 e. The van der Waals surface area contributed by atoms with Crippen molar-refractivity contribution in [2.24, 2.45) is 0 Å². The first kappa shape index (κ1) is 15.9. The zero-order valence-electron chi connectivity index (χ0n) is 12.3. The summed E-state index contributed by atoms with van der Waals surface area (Å²) in [5.74, 6) is 0.578. The maximum Gasteiger partial charge on any atom is 0.258 e. The van der Waals surface area contributed by atoms with Crippen LogP contribution in [0.25, 0.3) is 0 Å². The average molecular weight is 386 g/mol. The van der Waals surface area contributed by atoms with Crippen LogP contribution in [0, 0.1) is 0 Å². The maximum absolute atomic E-state index is 12.1. The summed E-state index contributed by atoms with van der Waals surface area (Å²) >= 11 is 3.35. The van der Waals surface area contributed by atoms with E-state index in [1.807, 2.05) is 12.1 Å². The van der Waals surface area contributed by atoms with E-state index in [-0.39, 0.29) is 11.6 Å². The van der Waals surface area contributed by atoms with Crippen molar-refractivity contribution in [1.82, 2.24) is 9.97 Å². The van der Waals surface area contributed by atoms with E-state index in [0.29, 0.717) is 17.2 Å². The molecule has 24 heavy (non-hydrogen) atoms. The fraction of sp³-hybridized carbons (Fsp3) is 0. The highest BCUT2D eigenvalue weighted by Crippen LogP contribution is 2.22. The van der Waals surface area contributed by atoms with Gasteiger partial charge in [-0.1, -0.05) is 15.9 Å². The van der Waals surface area contributed by atoms with Crippen LogP contribution in [0.15, 0.2) is 65.4 Å². The van der Waals surface area contributed by atoms with Gasteiger partial charge >= 0.3 is 0 Å². The molecule has 3 aromatic rings.